The summed E-state index contributed by atoms with van der Waals surface area (Å²) >= 11 is 0. The molecule has 4 rings (SSSR count). The number of furan rings is 1. The maximum Gasteiger partial charge on any atom is 0.286 e. The number of benzene rings is 1. The molecular weight excluding hydrogens is 358 g/mol. The fraction of sp³-hybridized carbons (Fsp3) is 0.381. The van der Waals surface area contributed by atoms with Crippen LogP contribution in [0.15, 0.2) is 41.0 Å². The van der Waals surface area contributed by atoms with Gasteiger partial charge in [0.2, 0.25) is 5.91 Å². The summed E-state index contributed by atoms with van der Waals surface area (Å²) in [4.78, 5) is 37.8. The molecular formula is C21H23N3O4. The topological polar surface area (TPSA) is 91.7 Å². The second kappa shape index (κ2) is 7.50. The molecule has 7 nitrogen and oxygen atoms in total. The van der Waals surface area contributed by atoms with Crippen LogP contribution in [0.4, 0.5) is 5.69 Å². The number of fused-ring (bicyclic) bond motifs is 1. The smallest absolute Gasteiger partial charge is 0.286 e. The Morgan fingerprint density at radius 2 is 2.00 bits per heavy atom. The van der Waals surface area contributed by atoms with Gasteiger partial charge in [-0.25, -0.2) is 0 Å². The third-order valence-electron chi connectivity index (χ3n) is 5.55. The first kappa shape index (κ1) is 18.3. The molecule has 0 atom stereocenters. The molecule has 2 aromatic rings. The zero-order valence-electron chi connectivity index (χ0n) is 15.7. The predicted octanol–water partition coefficient (Wildman–Crippen LogP) is 2.13. The molecule has 0 bridgehead atoms. The highest BCUT2D eigenvalue weighted by molar-refractivity contribution is 5.99. The molecule has 1 aromatic heterocycles. The Morgan fingerprint density at radius 3 is 2.75 bits per heavy atom. The highest BCUT2D eigenvalue weighted by atomic mass is 16.3. The molecule has 3 amide bonds. The Labute approximate surface area is 163 Å². The van der Waals surface area contributed by atoms with Crippen molar-refractivity contribution in [1.29, 1.82) is 0 Å². The van der Waals surface area contributed by atoms with Crippen LogP contribution in [0.5, 0.6) is 0 Å². The number of hydrogen-bond acceptors (Lipinski definition) is 4. The summed E-state index contributed by atoms with van der Waals surface area (Å²) in [6.07, 6.45) is 4.29. The van der Waals surface area contributed by atoms with Crippen molar-refractivity contribution < 1.29 is 18.8 Å². The summed E-state index contributed by atoms with van der Waals surface area (Å²) in [5.41, 5.74) is 2.53. The third kappa shape index (κ3) is 3.65. The van der Waals surface area contributed by atoms with Gasteiger partial charge in [-0.05, 0) is 61.1 Å². The minimum absolute atomic E-state index is 0.0922. The summed E-state index contributed by atoms with van der Waals surface area (Å²) in [6.45, 7) is 0.575. The summed E-state index contributed by atoms with van der Waals surface area (Å²) in [7, 11) is 1.76. The molecule has 0 radical (unpaired) electrons. The number of nitrogens with one attached hydrogen (secondary N) is 2. The van der Waals surface area contributed by atoms with E-state index >= 15 is 0 Å². The monoisotopic (exact) mass is 381 g/mol. The largest absolute Gasteiger partial charge is 0.459 e. The van der Waals surface area contributed by atoms with E-state index in [1.165, 1.54) is 6.26 Å². The van der Waals surface area contributed by atoms with Crippen molar-refractivity contribution in [3.8, 4) is 0 Å². The van der Waals surface area contributed by atoms with Crippen LogP contribution in [0.1, 0.15) is 45.7 Å². The fourth-order valence-electron chi connectivity index (χ4n) is 3.82. The molecule has 2 aliphatic rings. The van der Waals surface area contributed by atoms with E-state index in [1.54, 1.807) is 30.1 Å². The van der Waals surface area contributed by atoms with Gasteiger partial charge in [0.05, 0.1) is 6.26 Å². The second-order valence-electron chi connectivity index (χ2n) is 7.49. The normalized spacial score (nSPS) is 20.9. The number of aryl methyl sites for hydroxylation is 1. The van der Waals surface area contributed by atoms with E-state index in [4.69, 9.17) is 4.42 Å². The third-order valence-corrected chi connectivity index (χ3v) is 5.55. The van der Waals surface area contributed by atoms with Crippen LogP contribution in [0.25, 0.3) is 0 Å². The SMILES string of the molecule is CN1C(=O)CCc2cc(C(=O)NC3CC(CNC(=O)c4ccco4)C3)ccc21. The molecule has 2 heterocycles. The van der Waals surface area contributed by atoms with Crippen molar-refractivity contribution in [2.45, 2.75) is 31.7 Å². The molecule has 146 valence electrons. The average molecular weight is 381 g/mol. The molecule has 1 fully saturated rings. The number of nitrogens with zero attached hydrogens (tertiary/aromatic N) is 1. The molecule has 0 spiro atoms. The molecule has 1 aliphatic heterocycles. The number of hydrogen-bond donors (Lipinski definition) is 2. The van der Waals surface area contributed by atoms with Crippen LogP contribution >= 0.6 is 0 Å². The zero-order chi connectivity index (χ0) is 19.7. The lowest BCUT2D eigenvalue weighted by molar-refractivity contribution is -0.118. The predicted molar refractivity (Wildman–Crippen MR) is 103 cm³/mol. The van der Waals surface area contributed by atoms with Gasteiger partial charge in [0.25, 0.3) is 11.8 Å². The van der Waals surface area contributed by atoms with Gasteiger partial charge in [0.15, 0.2) is 5.76 Å². The van der Waals surface area contributed by atoms with Gasteiger partial charge in [-0.15, -0.1) is 0 Å². The Morgan fingerprint density at radius 1 is 1.18 bits per heavy atom. The maximum atomic E-state index is 12.5. The van der Waals surface area contributed by atoms with Crippen molar-refractivity contribution >= 4 is 23.4 Å². The van der Waals surface area contributed by atoms with Crippen molar-refractivity contribution in [3.05, 3.63) is 53.5 Å². The van der Waals surface area contributed by atoms with Crippen LogP contribution in [-0.4, -0.2) is 37.4 Å². The van der Waals surface area contributed by atoms with Gasteiger partial charge in [0.1, 0.15) is 0 Å². The van der Waals surface area contributed by atoms with Crippen LogP contribution < -0.4 is 15.5 Å². The number of anilines is 1. The van der Waals surface area contributed by atoms with E-state index in [9.17, 15) is 14.4 Å². The Kier molecular flexibility index (Phi) is 4.90. The quantitative estimate of drug-likeness (QED) is 0.830. The van der Waals surface area contributed by atoms with Crippen molar-refractivity contribution in [2.24, 2.45) is 5.92 Å². The lowest BCUT2D eigenvalue weighted by Gasteiger charge is -2.36. The Bertz CT molecular complexity index is 900. The first-order valence-electron chi connectivity index (χ1n) is 9.53. The molecule has 1 saturated carbocycles. The molecule has 7 heteroatoms. The Balaban J connectivity index is 1.25. The van der Waals surface area contributed by atoms with E-state index in [0.717, 1.165) is 24.1 Å². The van der Waals surface area contributed by atoms with Gasteiger partial charge in [-0.3, -0.25) is 14.4 Å². The molecule has 2 N–H and O–H groups in total. The van der Waals surface area contributed by atoms with Crippen molar-refractivity contribution in [2.75, 3.05) is 18.5 Å². The fourth-order valence-corrected chi connectivity index (χ4v) is 3.82. The number of carbonyl (C=O) groups is 3. The molecule has 1 aliphatic carbocycles. The number of amides is 3. The lowest BCUT2D eigenvalue weighted by atomic mass is 9.80. The first-order valence-corrected chi connectivity index (χ1v) is 9.53. The number of carbonyl (C=O) groups excluding carboxylic acids is 3. The van der Waals surface area contributed by atoms with E-state index in [0.29, 0.717) is 36.6 Å². The summed E-state index contributed by atoms with van der Waals surface area (Å²) in [5, 5.41) is 5.91. The van der Waals surface area contributed by atoms with Gasteiger partial charge in [-0.1, -0.05) is 0 Å². The van der Waals surface area contributed by atoms with Crippen LogP contribution in [-0.2, 0) is 11.2 Å². The summed E-state index contributed by atoms with van der Waals surface area (Å²) in [5.74, 6) is 0.459. The van der Waals surface area contributed by atoms with Crippen molar-refractivity contribution in [3.63, 3.8) is 0 Å². The minimum Gasteiger partial charge on any atom is -0.459 e. The van der Waals surface area contributed by atoms with Crippen LogP contribution in [0.3, 0.4) is 0 Å². The molecule has 1 aromatic carbocycles. The van der Waals surface area contributed by atoms with Gasteiger partial charge in [0, 0.05) is 37.3 Å². The van der Waals surface area contributed by atoms with Gasteiger partial charge in [-0.2, -0.15) is 0 Å². The van der Waals surface area contributed by atoms with Gasteiger partial charge >= 0.3 is 0 Å². The highest BCUT2D eigenvalue weighted by Crippen LogP contribution is 2.29. The summed E-state index contributed by atoms with van der Waals surface area (Å²) < 4.78 is 5.06. The Hall–Kier alpha value is -3.09. The second-order valence-corrected chi connectivity index (χ2v) is 7.49. The average Bonchev–Trinajstić information content (AvgIpc) is 3.20. The van der Waals surface area contributed by atoms with Crippen LogP contribution in [0, 0.1) is 5.92 Å². The lowest BCUT2D eigenvalue weighted by Crippen LogP contribution is -2.47. The van der Waals surface area contributed by atoms with Crippen molar-refractivity contribution in [1.82, 2.24) is 10.6 Å². The first-order chi connectivity index (χ1) is 13.5. The maximum absolute atomic E-state index is 12.5. The van der Waals surface area contributed by atoms with E-state index in [1.807, 2.05) is 12.1 Å². The van der Waals surface area contributed by atoms with E-state index in [2.05, 4.69) is 10.6 Å². The molecule has 0 saturated heterocycles. The van der Waals surface area contributed by atoms with Gasteiger partial charge < -0.3 is 20.0 Å². The molecule has 0 unspecified atom stereocenters. The zero-order valence-corrected chi connectivity index (χ0v) is 15.7. The van der Waals surface area contributed by atoms with Crippen LogP contribution in [0.2, 0.25) is 0 Å². The number of rotatable bonds is 5. The highest BCUT2D eigenvalue weighted by Gasteiger charge is 2.31. The molecule has 28 heavy (non-hydrogen) atoms. The summed E-state index contributed by atoms with van der Waals surface area (Å²) in [6, 6.07) is 8.93. The standard InChI is InChI=1S/C21H23N3O4/c1-24-17-6-4-15(11-14(17)5-7-19(24)25)20(26)23-16-9-13(10-16)12-22-21(27)18-3-2-8-28-18/h2-4,6,8,11,13,16H,5,7,9-10,12H2,1H3,(H,22,27)(H,23,26). The van der Waals surface area contributed by atoms with E-state index < -0.39 is 0 Å². The van der Waals surface area contributed by atoms with E-state index in [-0.39, 0.29) is 23.8 Å². The minimum atomic E-state index is -0.213.